The van der Waals surface area contributed by atoms with E-state index >= 15 is 0 Å². The fourth-order valence-electron chi connectivity index (χ4n) is 10.3. The second-order valence-corrected chi connectivity index (χ2v) is 25.5. The number of carboxylic acids is 1. The molecule has 502 valence electrons. The number of hydrogen-bond donors (Lipinski definition) is 0. The predicted octanol–water partition coefficient (Wildman–Crippen LogP) is 21.5. The predicted molar refractivity (Wildman–Crippen MR) is 371 cm³/mol. The molecule has 0 heterocycles. The molecule has 0 saturated carbocycles. The van der Waals surface area contributed by atoms with Crippen LogP contribution in [0.2, 0.25) is 0 Å². The van der Waals surface area contributed by atoms with Gasteiger partial charge in [0.15, 0.2) is 12.4 Å². The molecular weight excluding hydrogens is 1080 g/mol. The van der Waals surface area contributed by atoms with Crippen molar-refractivity contribution >= 4 is 17.9 Å². The van der Waals surface area contributed by atoms with Gasteiger partial charge >= 0.3 is 11.9 Å². The third-order valence-electron chi connectivity index (χ3n) is 15.8. The Balaban J connectivity index is 4.00. The molecule has 0 aromatic heterocycles. The number of unbranched alkanes of at least 4 members (excludes halogenated alkanes) is 36. The van der Waals surface area contributed by atoms with Gasteiger partial charge in [-0.2, -0.15) is 0 Å². The van der Waals surface area contributed by atoms with E-state index in [1.807, 2.05) is 21.1 Å². The number of carboxylic acid groups (broad SMARTS) is 1. The van der Waals surface area contributed by atoms with Gasteiger partial charge in [-0.05, 0) is 96.3 Å². The summed E-state index contributed by atoms with van der Waals surface area (Å²) in [6.45, 7) is 4.65. The van der Waals surface area contributed by atoms with E-state index in [4.69, 9.17) is 18.9 Å². The highest BCUT2D eigenvalue weighted by Crippen LogP contribution is 2.18. The Morgan fingerprint density at radius 2 is 0.655 bits per heavy atom. The third-order valence-corrected chi connectivity index (χ3v) is 15.8. The van der Waals surface area contributed by atoms with Crippen molar-refractivity contribution in [1.29, 1.82) is 0 Å². The van der Waals surface area contributed by atoms with Gasteiger partial charge < -0.3 is 33.3 Å². The van der Waals surface area contributed by atoms with Gasteiger partial charge in [-0.1, -0.05) is 310 Å². The van der Waals surface area contributed by atoms with Crippen molar-refractivity contribution in [3.05, 3.63) is 97.2 Å². The average molecular weight is 1220 g/mol. The lowest BCUT2D eigenvalue weighted by molar-refractivity contribution is -0.870. The van der Waals surface area contributed by atoms with E-state index in [1.165, 1.54) is 212 Å². The minimum atomic E-state index is -1.62. The van der Waals surface area contributed by atoms with Crippen LogP contribution in [0.15, 0.2) is 97.2 Å². The zero-order valence-corrected chi connectivity index (χ0v) is 57.4. The molecule has 0 radical (unpaired) electrons. The van der Waals surface area contributed by atoms with Crippen molar-refractivity contribution in [2.45, 2.75) is 334 Å². The van der Waals surface area contributed by atoms with E-state index in [0.717, 1.165) is 77.0 Å². The maximum Gasteiger partial charge on any atom is 0.306 e. The van der Waals surface area contributed by atoms with Crippen LogP contribution < -0.4 is 5.11 Å². The molecule has 0 aromatic rings. The largest absolute Gasteiger partial charge is 0.545 e. The molecule has 0 aliphatic rings. The zero-order valence-electron chi connectivity index (χ0n) is 57.4. The Kier molecular flexibility index (Phi) is 65.2. The normalized spacial score (nSPS) is 13.3. The monoisotopic (exact) mass is 1220 g/mol. The van der Waals surface area contributed by atoms with E-state index in [1.54, 1.807) is 0 Å². The van der Waals surface area contributed by atoms with Crippen molar-refractivity contribution < 1.29 is 42.9 Å². The van der Waals surface area contributed by atoms with Crippen LogP contribution in [0, 0.1) is 0 Å². The van der Waals surface area contributed by atoms with Gasteiger partial charge in [0.05, 0.1) is 40.3 Å². The average Bonchev–Trinajstić information content (AvgIpc) is 3.59. The molecule has 0 amide bonds. The van der Waals surface area contributed by atoms with Gasteiger partial charge in [0, 0.05) is 12.8 Å². The number of ether oxygens (including phenoxy) is 4. The molecule has 0 N–H and O–H groups in total. The number of esters is 2. The highest BCUT2D eigenvalue weighted by Gasteiger charge is 2.22. The summed E-state index contributed by atoms with van der Waals surface area (Å²) in [7, 11) is 5.93. The van der Waals surface area contributed by atoms with Gasteiger partial charge in [-0.15, -0.1) is 0 Å². The minimum Gasteiger partial charge on any atom is -0.545 e. The molecule has 9 nitrogen and oxygen atoms in total. The van der Waals surface area contributed by atoms with Gasteiger partial charge in [-0.25, -0.2) is 0 Å². The smallest absolute Gasteiger partial charge is 0.306 e. The second kappa shape index (κ2) is 68.1. The maximum absolute atomic E-state index is 12.9. The van der Waals surface area contributed by atoms with Gasteiger partial charge in [0.2, 0.25) is 0 Å². The van der Waals surface area contributed by atoms with E-state index in [2.05, 4.69) is 111 Å². The summed E-state index contributed by atoms with van der Waals surface area (Å²) in [5, 5.41) is 11.8. The molecule has 0 aliphatic carbocycles. The summed E-state index contributed by atoms with van der Waals surface area (Å²) >= 11 is 0. The Bertz CT molecular complexity index is 1750. The van der Waals surface area contributed by atoms with Crippen molar-refractivity contribution in [2.24, 2.45) is 0 Å². The lowest BCUT2D eigenvalue weighted by atomic mass is 10.0. The van der Waals surface area contributed by atoms with E-state index in [-0.39, 0.29) is 38.6 Å². The molecule has 0 saturated heterocycles. The first-order valence-corrected chi connectivity index (χ1v) is 36.4. The summed E-state index contributed by atoms with van der Waals surface area (Å²) in [6.07, 6.45) is 90.7. The highest BCUT2D eigenvalue weighted by atomic mass is 16.7. The maximum atomic E-state index is 12.9. The number of likely N-dealkylation sites (N-methyl/N-ethyl adjacent to an activating group) is 1. The first kappa shape index (κ1) is 83.2. The van der Waals surface area contributed by atoms with Crippen molar-refractivity contribution in [2.75, 3.05) is 47.5 Å². The molecule has 2 unspecified atom stereocenters. The number of rotatable bonds is 67. The van der Waals surface area contributed by atoms with Crippen LogP contribution in [0.5, 0.6) is 0 Å². The molecule has 0 bridgehead atoms. The standard InChI is InChI=1S/C78H137NO8/c1-6-8-10-12-14-16-18-20-22-24-26-28-29-30-31-32-33-34-35-36-37-38-39-40-41-42-43-44-45-46-47-49-51-53-55-57-59-61-63-65-67-69-76(81)87-74(73-86-78(77(82)83)84-71-70-79(3,4)5)72-85-75(80)68-66-64-62-60-58-56-54-52-50-48-27-25-23-21-19-17-15-13-11-9-7-2/h8,10,14,16,19-22,25-28,30-31,33-34,74,78H,6-7,9,11-13,15,17-18,23-24,29,32,35-73H2,1-5H3/b10-8-,16-14-,21-19-,22-20-,27-25-,28-26-,31-30-,34-33-. The molecule has 0 fully saturated rings. The molecule has 2 atom stereocenters. The molecule has 9 heteroatoms. The van der Waals surface area contributed by atoms with Crippen LogP contribution in [0.4, 0.5) is 0 Å². The molecule has 0 spiro atoms. The first-order chi connectivity index (χ1) is 42.6. The molecular formula is C78H137NO8. The lowest BCUT2D eigenvalue weighted by Crippen LogP contribution is -2.44. The number of nitrogens with zero attached hydrogens (tertiary/aromatic N) is 1. The van der Waals surface area contributed by atoms with Crippen LogP contribution in [-0.4, -0.2) is 82.3 Å². The molecule has 0 aliphatic heterocycles. The van der Waals surface area contributed by atoms with E-state index in [9.17, 15) is 19.5 Å². The van der Waals surface area contributed by atoms with Crippen LogP contribution in [0.3, 0.4) is 0 Å². The lowest BCUT2D eigenvalue weighted by Gasteiger charge is -2.26. The summed E-state index contributed by atoms with van der Waals surface area (Å²) < 4.78 is 22.8. The molecule has 87 heavy (non-hydrogen) atoms. The number of hydrogen-bond acceptors (Lipinski definition) is 8. The number of carbonyl (C=O) groups excluding carboxylic acids is 3. The highest BCUT2D eigenvalue weighted by molar-refractivity contribution is 5.70. The zero-order chi connectivity index (χ0) is 63.3. The van der Waals surface area contributed by atoms with E-state index < -0.39 is 24.3 Å². The van der Waals surface area contributed by atoms with Crippen molar-refractivity contribution in [3.8, 4) is 0 Å². The second-order valence-electron chi connectivity index (χ2n) is 25.5. The summed E-state index contributed by atoms with van der Waals surface area (Å²) in [4.78, 5) is 37.5. The topological polar surface area (TPSA) is 111 Å². The van der Waals surface area contributed by atoms with Gasteiger partial charge in [0.1, 0.15) is 13.2 Å². The van der Waals surface area contributed by atoms with Crippen LogP contribution in [-0.2, 0) is 33.3 Å². The summed E-state index contributed by atoms with van der Waals surface area (Å²) in [5.74, 6) is -2.27. The summed E-state index contributed by atoms with van der Waals surface area (Å²) in [6, 6.07) is 0. The number of aliphatic carboxylic acids is 1. The summed E-state index contributed by atoms with van der Waals surface area (Å²) in [5.41, 5.74) is 0. The first-order valence-electron chi connectivity index (χ1n) is 36.4. The van der Waals surface area contributed by atoms with Crippen molar-refractivity contribution in [3.63, 3.8) is 0 Å². The number of allylic oxidation sites excluding steroid dienone is 16. The SMILES string of the molecule is CC/C=C\C/C=C\C/C=C\C/C=C\C/C=C\C/C=C\CCCCCCCCCCCCCCCCCCCCCCCCC(=O)OC(COC(=O)CCCCCCCCCCC/C=C\C/C=C\CCCCCCC)COC(OCC[N+](C)(C)C)C(=O)[O-]. The Morgan fingerprint density at radius 3 is 0.977 bits per heavy atom. The van der Waals surface area contributed by atoms with Crippen LogP contribution >= 0.6 is 0 Å². The molecule has 0 aromatic carbocycles. The number of carbonyl (C=O) groups is 3. The number of quaternary nitrogens is 1. The third kappa shape index (κ3) is 69.5. The fraction of sp³-hybridized carbons (Fsp3) is 0.756. The Morgan fingerprint density at radius 1 is 0.356 bits per heavy atom. The van der Waals surface area contributed by atoms with Crippen LogP contribution in [0.1, 0.15) is 322 Å². The van der Waals surface area contributed by atoms with Gasteiger partial charge in [-0.3, -0.25) is 9.59 Å². The van der Waals surface area contributed by atoms with Crippen LogP contribution in [0.25, 0.3) is 0 Å². The van der Waals surface area contributed by atoms with Crippen molar-refractivity contribution in [1.82, 2.24) is 0 Å². The van der Waals surface area contributed by atoms with E-state index in [0.29, 0.717) is 17.4 Å². The Hall–Kier alpha value is -3.79. The Labute approximate surface area is 537 Å². The fourth-order valence-corrected chi connectivity index (χ4v) is 10.3. The van der Waals surface area contributed by atoms with Gasteiger partial charge in [0.25, 0.3) is 0 Å². The molecule has 0 rings (SSSR count). The quantitative estimate of drug-likeness (QED) is 0.0195. The minimum absolute atomic E-state index is 0.146.